The van der Waals surface area contributed by atoms with E-state index in [0.717, 1.165) is 44.8 Å². The van der Waals surface area contributed by atoms with E-state index < -0.39 is 23.4 Å². The summed E-state index contributed by atoms with van der Waals surface area (Å²) >= 11 is 0. The molecule has 38 heavy (non-hydrogen) atoms. The van der Waals surface area contributed by atoms with Crippen molar-refractivity contribution in [1.82, 2.24) is 9.13 Å². The summed E-state index contributed by atoms with van der Waals surface area (Å²) in [5.41, 5.74) is 6.58. The molecule has 202 valence electrons. The Morgan fingerprint density at radius 1 is 0.605 bits per heavy atom. The molecule has 0 radical (unpaired) electrons. The number of rotatable bonds is 4. The molecule has 0 bridgehead atoms. The highest BCUT2D eigenvalue weighted by molar-refractivity contribution is 5.81. The molecular weight excluding hydrogens is 476 g/mol. The maximum Gasteiger partial charge on any atom is 0.418 e. The SMILES string of the molecule is Cc1cn(C(=O)OC(C)(C)C)c(/C=C/c2ccc(/C=C/c3c(C)c(C)cn3C(=O)OC(C)(C)C)cc2)c1C. The van der Waals surface area contributed by atoms with Crippen molar-refractivity contribution in [3.63, 3.8) is 0 Å². The molecule has 0 unspecified atom stereocenters. The van der Waals surface area contributed by atoms with Crippen LogP contribution in [0, 0.1) is 27.7 Å². The first kappa shape index (κ1) is 28.8. The predicted octanol–water partition coefficient (Wildman–Crippen LogP) is 8.43. The lowest BCUT2D eigenvalue weighted by atomic mass is 10.1. The summed E-state index contributed by atoms with van der Waals surface area (Å²) in [4.78, 5) is 25.4. The standard InChI is InChI=1S/C32H40N2O4/c1-21-19-33(29(35)37-31(5,6)7)27(23(21)3)17-15-25-11-13-26(14-12-25)16-18-28-24(4)22(2)20-34(28)30(36)38-32(8,9)10/h11-20H,1-10H3/b17-15+,18-16+. The summed E-state index contributed by atoms with van der Waals surface area (Å²) in [5.74, 6) is 0. The van der Waals surface area contributed by atoms with Gasteiger partial charge in [-0.15, -0.1) is 0 Å². The zero-order valence-electron chi connectivity index (χ0n) is 24.3. The molecule has 1 aromatic carbocycles. The Hall–Kier alpha value is -3.80. The maximum atomic E-state index is 12.7. The van der Waals surface area contributed by atoms with Crippen LogP contribution >= 0.6 is 0 Å². The van der Waals surface area contributed by atoms with Crippen LogP contribution in [0.2, 0.25) is 0 Å². The number of hydrogen-bond acceptors (Lipinski definition) is 4. The number of benzene rings is 1. The van der Waals surface area contributed by atoms with Crippen LogP contribution in [-0.4, -0.2) is 32.5 Å². The van der Waals surface area contributed by atoms with Crippen molar-refractivity contribution in [3.8, 4) is 0 Å². The zero-order valence-corrected chi connectivity index (χ0v) is 24.3. The van der Waals surface area contributed by atoms with Crippen molar-refractivity contribution in [2.75, 3.05) is 0 Å². The highest BCUT2D eigenvalue weighted by Gasteiger charge is 2.22. The van der Waals surface area contributed by atoms with Gasteiger partial charge in [0.15, 0.2) is 0 Å². The number of carbonyl (C=O) groups is 2. The van der Waals surface area contributed by atoms with Gasteiger partial charge in [0.2, 0.25) is 0 Å². The fraction of sp³-hybridized carbons (Fsp3) is 0.375. The van der Waals surface area contributed by atoms with Gasteiger partial charge in [-0.3, -0.25) is 9.13 Å². The molecule has 2 aromatic heterocycles. The van der Waals surface area contributed by atoms with Gasteiger partial charge < -0.3 is 9.47 Å². The number of carbonyl (C=O) groups excluding carboxylic acids is 2. The molecule has 2 heterocycles. The molecule has 3 aromatic rings. The van der Waals surface area contributed by atoms with E-state index in [9.17, 15) is 9.59 Å². The van der Waals surface area contributed by atoms with Gasteiger partial charge in [0, 0.05) is 12.4 Å². The lowest BCUT2D eigenvalue weighted by molar-refractivity contribution is 0.0525. The molecule has 0 aliphatic rings. The van der Waals surface area contributed by atoms with Crippen LogP contribution in [-0.2, 0) is 9.47 Å². The Balaban J connectivity index is 1.81. The van der Waals surface area contributed by atoms with E-state index in [4.69, 9.17) is 9.47 Å². The van der Waals surface area contributed by atoms with Crippen molar-refractivity contribution < 1.29 is 19.1 Å². The number of aryl methyl sites for hydroxylation is 2. The molecule has 0 aliphatic carbocycles. The monoisotopic (exact) mass is 516 g/mol. The molecular formula is C32H40N2O4. The van der Waals surface area contributed by atoms with Crippen molar-refractivity contribution in [1.29, 1.82) is 0 Å². The van der Waals surface area contributed by atoms with Crippen LogP contribution in [0.25, 0.3) is 24.3 Å². The van der Waals surface area contributed by atoms with Gasteiger partial charge in [-0.05, 0) is 115 Å². The predicted molar refractivity (Wildman–Crippen MR) is 155 cm³/mol. The van der Waals surface area contributed by atoms with E-state index in [1.54, 1.807) is 9.13 Å². The van der Waals surface area contributed by atoms with Gasteiger partial charge in [-0.2, -0.15) is 0 Å². The summed E-state index contributed by atoms with van der Waals surface area (Å²) in [6, 6.07) is 8.07. The van der Waals surface area contributed by atoms with Crippen molar-refractivity contribution in [2.45, 2.75) is 80.4 Å². The van der Waals surface area contributed by atoms with Crippen LogP contribution in [0.5, 0.6) is 0 Å². The minimum Gasteiger partial charge on any atom is -0.443 e. The molecule has 0 saturated carbocycles. The lowest BCUT2D eigenvalue weighted by Crippen LogP contribution is -2.27. The van der Waals surface area contributed by atoms with Crippen molar-refractivity contribution in [3.05, 3.63) is 81.4 Å². The summed E-state index contributed by atoms with van der Waals surface area (Å²) in [6.07, 6.45) is 10.7. The second-order valence-corrected chi connectivity index (χ2v) is 11.7. The molecule has 0 amide bonds. The van der Waals surface area contributed by atoms with Crippen LogP contribution in [0.4, 0.5) is 9.59 Å². The second kappa shape index (κ2) is 10.9. The number of aromatic nitrogens is 2. The summed E-state index contributed by atoms with van der Waals surface area (Å²) in [5, 5.41) is 0. The summed E-state index contributed by atoms with van der Waals surface area (Å²) in [7, 11) is 0. The zero-order chi connectivity index (χ0) is 28.4. The van der Waals surface area contributed by atoms with Crippen LogP contribution in [0.15, 0.2) is 36.7 Å². The first-order chi connectivity index (χ1) is 17.6. The maximum absolute atomic E-state index is 12.7. The average Bonchev–Trinajstić information content (AvgIpc) is 3.24. The van der Waals surface area contributed by atoms with Gasteiger partial charge in [0.1, 0.15) is 11.2 Å². The second-order valence-electron chi connectivity index (χ2n) is 11.7. The van der Waals surface area contributed by atoms with Gasteiger partial charge in [0.05, 0.1) is 11.4 Å². The van der Waals surface area contributed by atoms with Gasteiger partial charge >= 0.3 is 12.2 Å². The minimum absolute atomic E-state index is 0.393. The first-order valence-corrected chi connectivity index (χ1v) is 12.9. The molecule has 0 aliphatic heterocycles. The highest BCUT2D eigenvalue weighted by Crippen LogP contribution is 2.23. The summed E-state index contributed by atoms with van der Waals surface area (Å²) in [6.45, 7) is 19.1. The normalized spacial score (nSPS) is 12.5. The number of nitrogens with zero attached hydrogens (tertiary/aromatic N) is 2. The van der Waals surface area contributed by atoms with Crippen molar-refractivity contribution in [2.24, 2.45) is 0 Å². The number of ether oxygens (including phenoxy) is 2. The van der Waals surface area contributed by atoms with E-state index in [2.05, 4.69) is 0 Å². The largest absolute Gasteiger partial charge is 0.443 e. The van der Waals surface area contributed by atoms with Gasteiger partial charge in [-0.1, -0.05) is 36.4 Å². The molecule has 0 atom stereocenters. The Morgan fingerprint density at radius 2 is 0.921 bits per heavy atom. The van der Waals surface area contributed by atoms with E-state index >= 15 is 0 Å². The van der Waals surface area contributed by atoms with E-state index in [-0.39, 0.29) is 0 Å². The number of hydrogen-bond donors (Lipinski definition) is 0. The van der Waals surface area contributed by atoms with E-state index in [1.807, 2.05) is 130 Å². The lowest BCUT2D eigenvalue weighted by Gasteiger charge is -2.20. The van der Waals surface area contributed by atoms with Crippen LogP contribution in [0.3, 0.4) is 0 Å². The minimum atomic E-state index is -0.570. The fourth-order valence-electron chi connectivity index (χ4n) is 3.89. The molecule has 0 N–H and O–H groups in total. The topological polar surface area (TPSA) is 62.5 Å². The Morgan fingerprint density at radius 3 is 1.21 bits per heavy atom. The Labute approximate surface area is 226 Å². The third kappa shape index (κ3) is 7.15. The third-order valence-electron chi connectivity index (χ3n) is 6.10. The van der Waals surface area contributed by atoms with Crippen molar-refractivity contribution >= 4 is 36.5 Å². The Kier molecular flexibility index (Phi) is 8.25. The van der Waals surface area contributed by atoms with Crippen LogP contribution < -0.4 is 0 Å². The fourth-order valence-corrected chi connectivity index (χ4v) is 3.89. The van der Waals surface area contributed by atoms with E-state index in [0.29, 0.717) is 0 Å². The van der Waals surface area contributed by atoms with Crippen LogP contribution in [0.1, 0.15) is 86.3 Å². The smallest absolute Gasteiger partial charge is 0.418 e. The molecule has 0 saturated heterocycles. The molecule has 6 nitrogen and oxygen atoms in total. The molecule has 3 rings (SSSR count). The highest BCUT2D eigenvalue weighted by atomic mass is 16.6. The van der Waals surface area contributed by atoms with Gasteiger partial charge in [-0.25, -0.2) is 9.59 Å². The first-order valence-electron chi connectivity index (χ1n) is 12.9. The Bertz CT molecular complexity index is 1280. The third-order valence-corrected chi connectivity index (χ3v) is 6.10. The average molecular weight is 517 g/mol. The molecule has 0 fully saturated rings. The summed E-state index contributed by atoms with van der Waals surface area (Å²) < 4.78 is 14.3. The molecule has 0 spiro atoms. The quantitative estimate of drug-likeness (QED) is 0.349. The van der Waals surface area contributed by atoms with Gasteiger partial charge in [0.25, 0.3) is 0 Å². The molecule has 6 heteroatoms. The van der Waals surface area contributed by atoms with E-state index in [1.165, 1.54) is 0 Å².